The van der Waals surface area contributed by atoms with Gasteiger partial charge in [-0.05, 0) is 11.1 Å². The van der Waals surface area contributed by atoms with Gasteiger partial charge in [0.1, 0.15) is 12.1 Å². The molecule has 1 aliphatic heterocycles. The molecule has 1 aromatic heterocycles. The predicted octanol–water partition coefficient (Wildman–Crippen LogP) is 2.68. The van der Waals surface area contributed by atoms with Crippen molar-refractivity contribution in [3.63, 3.8) is 0 Å². The molecule has 0 aliphatic carbocycles. The summed E-state index contributed by atoms with van der Waals surface area (Å²) >= 11 is 0.944. The first-order chi connectivity index (χ1) is 15.4. The number of carbonyl (C=O) groups excluding carboxylic acids is 3. The zero-order chi connectivity index (χ0) is 22.7. The molecule has 0 bridgehead atoms. The maximum Gasteiger partial charge on any atom is 0.355 e. The lowest BCUT2D eigenvalue weighted by molar-refractivity contribution is -0.134. The third kappa shape index (κ3) is 4.35. The predicted molar refractivity (Wildman–Crippen MR) is 116 cm³/mol. The molecule has 1 fully saturated rings. The number of anilines is 1. The van der Waals surface area contributed by atoms with Gasteiger partial charge >= 0.3 is 12.0 Å². The van der Waals surface area contributed by atoms with Crippen molar-refractivity contribution >= 4 is 40.3 Å². The number of urea groups is 1. The molecule has 10 heteroatoms. The maximum atomic E-state index is 13.2. The van der Waals surface area contributed by atoms with E-state index in [1.807, 2.05) is 6.07 Å². The Hall–Kier alpha value is -4.05. The van der Waals surface area contributed by atoms with Gasteiger partial charge in [0.15, 0.2) is 10.8 Å². The summed E-state index contributed by atoms with van der Waals surface area (Å²) in [7, 11) is 0. The van der Waals surface area contributed by atoms with E-state index in [0.29, 0.717) is 5.56 Å². The van der Waals surface area contributed by atoms with Crippen LogP contribution in [0.15, 0.2) is 66.0 Å². The number of nitrogens with zero attached hydrogens (tertiary/aromatic N) is 2. The Kier molecular flexibility index (Phi) is 5.95. The van der Waals surface area contributed by atoms with Crippen LogP contribution < -0.4 is 10.6 Å². The van der Waals surface area contributed by atoms with Crippen LogP contribution >= 0.6 is 11.3 Å². The normalized spacial score (nSPS) is 16.5. The van der Waals surface area contributed by atoms with E-state index in [0.717, 1.165) is 21.8 Å². The number of hydrogen-bond donors (Lipinski definition) is 3. The molecule has 2 atom stereocenters. The van der Waals surface area contributed by atoms with Crippen LogP contribution in [0.4, 0.5) is 9.93 Å². The largest absolute Gasteiger partial charge is 0.476 e. The molecule has 3 aromatic rings. The van der Waals surface area contributed by atoms with Gasteiger partial charge in [-0.15, -0.1) is 11.3 Å². The smallest absolute Gasteiger partial charge is 0.355 e. The second-order valence-electron chi connectivity index (χ2n) is 7.04. The molecule has 162 valence electrons. The van der Waals surface area contributed by atoms with E-state index >= 15 is 0 Å². The lowest BCUT2D eigenvalue weighted by atomic mass is 10.0. The number of thiazole rings is 1. The standard InChI is InChI=1S/C22H18N4O5S/c27-18(25-21-23-15(12-32-21)20(29)30)16(11-13-7-3-1-4-8-13)26-19(28)17(24-22(26)31)14-9-5-2-6-10-14/h1-10,12,16-17H,11H2,(H,24,31)(H,29,30)(H,23,25,27)/t16-,17-/m0/s1. The van der Waals surface area contributed by atoms with Crippen LogP contribution in [-0.2, 0) is 16.0 Å². The first-order valence-electron chi connectivity index (χ1n) is 9.66. The van der Waals surface area contributed by atoms with Crippen molar-refractivity contribution in [3.05, 3.63) is 82.9 Å². The van der Waals surface area contributed by atoms with Gasteiger partial charge < -0.3 is 15.7 Å². The Morgan fingerprint density at radius 3 is 2.38 bits per heavy atom. The SMILES string of the molecule is O=C(O)c1csc(NC(=O)[C@H](Cc2ccccc2)N2C(=O)N[C@@H](c3ccccc3)C2=O)n1. The van der Waals surface area contributed by atoms with Crippen LogP contribution in [0, 0.1) is 0 Å². The molecule has 0 saturated carbocycles. The molecule has 4 amide bonds. The highest BCUT2D eigenvalue weighted by Crippen LogP contribution is 2.26. The molecule has 32 heavy (non-hydrogen) atoms. The summed E-state index contributed by atoms with van der Waals surface area (Å²) in [5.41, 5.74) is 1.16. The fourth-order valence-electron chi connectivity index (χ4n) is 3.42. The first kappa shape index (κ1) is 21.2. The zero-order valence-corrected chi connectivity index (χ0v) is 17.4. The average molecular weight is 450 g/mol. The molecule has 0 radical (unpaired) electrons. The Bertz CT molecular complexity index is 1170. The van der Waals surface area contributed by atoms with Crippen LogP contribution in [0.2, 0.25) is 0 Å². The van der Waals surface area contributed by atoms with Gasteiger partial charge in [0.25, 0.3) is 5.91 Å². The fourth-order valence-corrected chi connectivity index (χ4v) is 4.10. The summed E-state index contributed by atoms with van der Waals surface area (Å²) in [6.07, 6.45) is 0.0878. The van der Waals surface area contributed by atoms with E-state index < -0.39 is 35.9 Å². The summed E-state index contributed by atoms with van der Waals surface area (Å²) < 4.78 is 0. The van der Waals surface area contributed by atoms with Gasteiger partial charge in [-0.25, -0.2) is 19.5 Å². The number of benzene rings is 2. The lowest BCUT2D eigenvalue weighted by Gasteiger charge is -2.24. The van der Waals surface area contributed by atoms with Crippen molar-refractivity contribution in [2.75, 3.05) is 5.32 Å². The van der Waals surface area contributed by atoms with E-state index in [2.05, 4.69) is 15.6 Å². The van der Waals surface area contributed by atoms with Crippen molar-refractivity contribution in [2.45, 2.75) is 18.5 Å². The summed E-state index contributed by atoms with van der Waals surface area (Å²) in [6, 6.07) is 15.0. The van der Waals surface area contributed by atoms with Gasteiger partial charge in [-0.1, -0.05) is 60.7 Å². The van der Waals surface area contributed by atoms with Crippen LogP contribution in [0.25, 0.3) is 0 Å². The number of nitrogens with one attached hydrogen (secondary N) is 2. The van der Waals surface area contributed by atoms with Gasteiger partial charge in [0.2, 0.25) is 5.91 Å². The van der Waals surface area contributed by atoms with Crippen molar-refractivity contribution in [1.82, 2.24) is 15.2 Å². The van der Waals surface area contributed by atoms with Crippen LogP contribution in [-0.4, -0.2) is 44.8 Å². The van der Waals surface area contributed by atoms with E-state index in [9.17, 15) is 19.2 Å². The van der Waals surface area contributed by atoms with E-state index in [1.54, 1.807) is 54.6 Å². The number of aromatic nitrogens is 1. The Morgan fingerprint density at radius 2 is 1.75 bits per heavy atom. The molecule has 3 N–H and O–H groups in total. The molecule has 0 unspecified atom stereocenters. The molecule has 1 saturated heterocycles. The number of aromatic carboxylic acids is 1. The highest BCUT2D eigenvalue weighted by atomic mass is 32.1. The van der Waals surface area contributed by atoms with Gasteiger partial charge in [0, 0.05) is 11.8 Å². The highest BCUT2D eigenvalue weighted by Gasteiger charge is 2.45. The molecule has 2 aromatic carbocycles. The topological polar surface area (TPSA) is 129 Å². The molecule has 0 spiro atoms. The van der Waals surface area contributed by atoms with Gasteiger partial charge in [-0.3, -0.25) is 9.59 Å². The summed E-state index contributed by atoms with van der Waals surface area (Å²) in [5, 5.41) is 15.6. The molecule has 9 nitrogen and oxygen atoms in total. The zero-order valence-electron chi connectivity index (χ0n) is 16.6. The quantitative estimate of drug-likeness (QED) is 0.475. The summed E-state index contributed by atoms with van der Waals surface area (Å²) in [6.45, 7) is 0. The Labute approximate surface area is 186 Å². The van der Waals surface area contributed by atoms with Crippen LogP contribution in [0.5, 0.6) is 0 Å². The minimum absolute atomic E-state index is 0.0668. The fraction of sp³-hybridized carbons (Fsp3) is 0.136. The van der Waals surface area contributed by atoms with Crippen molar-refractivity contribution < 1.29 is 24.3 Å². The molecule has 1 aliphatic rings. The summed E-state index contributed by atoms with van der Waals surface area (Å²) in [4.78, 5) is 54.9. The average Bonchev–Trinajstić information content (AvgIpc) is 3.38. The van der Waals surface area contributed by atoms with E-state index in [1.165, 1.54) is 5.38 Å². The number of carboxylic acid groups (broad SMARTS) is 1. The minimum atomic E-state index is -1.22. The number of imide groups is 1. The highest BCUT2D eigenvalue weighted by molar-refractivity contribution is 7.14. The summed E-state index contributed by atoms with van der Waals surface area (Å²) in [5.74, 6) is -2.40. The van der Waals surface area contributed by atoms with Gasteiger partial charge in [0.05, 0.1) is 0 Å². The number of hydrogen-bond acceptors (Lipinski definition) is 6. The third-order valence-electron chi connectivity index (χ3n) is 4.94. The number of rotatable bonds is 7. The monoisotopic (exact) mass is 450 g/mol. The Balaban J connectivity index is 1.62. The first-order valence-corrected chi connectivity index (χ1v) is 10.5. The molecule has 2 heterocycles. The number of amides is 4. The lowest BCUT2D eigenvalue weighted by Crippen LogP contribution is -2.49. The Morgan fingerprint density at radius 1 is 1.09 bits per heavy atom. The van der Waals surface area contributed by atoms with Crippen molar-refractivity contribution in [2.24, 2.45) is 0 Å². The minimum Gasteiger partial charge on any atom is -0.476 e. The molecular weight excluding hydrogens is 432 g/mol. The van der Waals surface area contributed by atoms with E-state index in [4.69, 9.17) is 5.11 Å². The number of carboxylic acids is 1. The van der Waals surface area contributed by atoms with Crippen molar-refractivity contribution in [1.29, 1.82) is 0 Å². The van der Waals surface area contributed by atoms with Crippen molar-refractivity contribution in [3.8, 4) is 0 Å². The van der Waals surface area contributed by atoms with Crippen LogP contribution in [0.3, 0.4) is 0 Å². The van der Waals surface area contributed by atoms with Crippen LogP contribution in [0.1, 0.15) is 27.7 Å². The number of carbonyl (C=O) groups is 4. The van der Waals surface area contributed by atoms with E-state index in [-0.39, 0.29) is 17.2 Å². The second-order valence-corrected chi connectivity index (χ2v) is 7.90. The third-order valence-corrected chi connectivity index (χ3v) is 5.70. The molecular formula is C22H18N4O5S. The molecule has 4 rings (SSSR count). The van der Waals surface area contributed by atoms with Gasteiger partial charge in [-0.2, -0.15) is 0 Å². The second kappa shape index (κ2) is 8.98. The maximum absolute atomic E-state index is 13.2.